The van der Waals surface area contributed by atoms with Crippen LogP contribution in [0.1, 0.15) is 45.1 Å². The van der Waals surface area contributed by atoms with E-state index in [0.29, 0.717) is 18.0 Å². The number of amides is 1. The monoisotopic (exact) mass is 370 g/mol. The van der Waals surface area contributed by atoms with E-state index in [-0.39, 0.29) is 23.0 Å². The van der Waals surface area contributed by atoms with Gasteiger partial charge in [-0.05, 0) is 42.2 Å². The number of aromatic nitrogens is 1. The van der Waals surface area contributed by atoms with Crippen molar-refractivity contribution in [3.05, 3.63) is 70.4 Å². The second-order valence-electron chi connectivity index (χ2n) is 6.62. The number of unbranched alkanes of at least 4 members (excludes halogenated alkanes) is 1. The highest BCUT2D eigenvalue weighted by Gasteiger charge is 2.15. The molecule has 2 rings (SSSR count). The summed E-state index contributed by atoms with van der Waals surface area (Å²) in [5, 5.41) is 2.96. The van der Waals surface area contributed by atoms with Crippen LogP contribution in [0.25, 0.3) is 11.8 Å². The largest absolute Gasteiger partial charge is 0.350 e. The number of carbonyl (C=O) groups excluding carboxylic acids is 1. The Balaban J connectivity index is 2.27. The van der Waals surface area contributed by atoms with Crippen LogP contribution in [-0.2, 0) is 4.79 Å². The number of carbonyl (C=O) groups is 1. The molecule has 144 valence electrons. The SMILES string of the molecule is CCCCC(CC)CNC(=O)/C(=C\c1ccc(F)cc1)n1ccccc1=O. The summed E-state index contributed by atoms with van der Waals surface area (Å²) in [6.45, 7) is 4.83. The Morgan fingerprint density at radius 1 is 1.19 bits per heavy atom. The molecule has 0 aliphatic carbocycles. The first-order chi connectivity index (χ1) is 13.0. The molecule has 0 saturated heterocycles. The lowest BCUT2D eigenvalue weighted by molar-refractivity contribution is -0.116. The van der Waals surface area contributed by atoms with Gasteiger partial charge in [-0.25, -0.2) is 4.39 Å². The summed E-state index contributed by atoms with van der Waals surface area (Å²) in [7, 11) is 0. The Labute approximate surface area is 159 Å². The molecule has 1 amide bonds. The molecule has 0 aliphatic heterocycles. The molecule has 1 N–H and O–H groups in total. The Kier molecular flexibility index (Phi) is 7.99. The van der Waals surface area contributed by atoms with Crippen LogP contribution in [-0.4, -0.2) is 17.0 Å². The van der Waals surface area contributed by atoms with E-state index in [1.165, 1.54) is 22.8 Å². The summed E-state index contributed by atoms with van der Waals surface area (Å²) < 4.78 is 14.5. The average Bonchev–Trinajstić information content (AvgIpc) is 2.68. The van der Waals surface area contributed by atoms with Gasteiger partial charge in [0.25, 0.3) is 11.5 Å². The third kappa shape index (κ3) is 6.20. The molecule has 1 aromatic carbocycles. The van der Waals surface area contributed by atoms with Crippen LogP contribution in [0.2, 0.25) is 0 Å². The third-order valence-corrected chi connectivity index (χ3v) is 4.58. The molecule has 0 aliphatic rings. The maximum Gasteiger partial charge on any atom is 0.268 e. The first-order valence-corrected chi connectivity index (χ1v) is 9.48. The van der Waals surface area contributed by atoms with Crippen molar-refractivity contribution in [2.45, 2.75) is 39.5 Å². The fourth-order valence-electron chi connectivity index (χ4n) is 2.86. The lowest BCUT2D eigenvalue weighted by Crippen LogP contribution is -2.33. The molecular formula is C22H27FN2O2. The minimum atomic E-state index is -0.350. The van der Waals surface area contributed by atoms with Gasteiger partial charge in [-0.1, -0.05) is 51.3 Å². The first-order valence-electron chi connectivity index (χ1n) is 9.48. The van der Waals surface area contributed by atoms with Gasteiger partial charge in [-0.3, -0.25) is 14.2 Å². The second-order valence-corrected chi connectivity index (χ2v) is 6.62. The van der Waals surface area contributed by atoms with Crippen LogP contribution in [0, 0.1) is 11.7 Å². The summed E-state index contributed by atoms with van der Waals surface area (Å²) >= 11 is 0. The number of halogens is 1. The Hall–Kier alpha value is -2.69. The molecule has 27 heavy (non-hydrogen) atoms. The van der Waals surface area contributed by atoms with Gasteiger partial charge in [0, 0.05) is 18.8 Å². The van der Waals surface area contributed by atoms with Gasteiger partial charge < -0.3 is 5.32 Å². The van der Waals surface area contributed by atoms with Crippen molar-refractivity contribution in [3.8, 4) is 0 Å². The van der Waals surface area contributed by atoms with E-state index in [2.05, 4.69) is 19.2 Å². The zero-order valence-corrected chi connectivity index (χ0v) is 16.0. The van der Waals surface area contributed by atoms with Crippen molar-refractivity contribution < 1.29 is 9.18 Å². The van der Waals surface area contributed by atoms with Gasteiger partial charge in [0.05, 0.1) is 0 Å². The molecule has 2 aromatic rings. The van der Waals surface area contributed by atoms with Crippen molar-refractivity contribution >= 4 is 17.7 Å². The number of benzene rings is 1. The highest BCUT2D eigenvalue weighted by atomic mass is 19.1. The van der Waals surface area contributed by atoms with Crippen LogP contribution in [0.5, 0.6) is 0 Å². The minimum Gasteiger partial charge on any atom is -0.350 e. The van der Waals surface area contributed by atoms with E-state index < -0.39 is 0 Å². The van der Waals surface area contributed by atoms with Crippen molar-refractivity contribution in [1.29, 1.82) is 0 Å². The Morgan fingerprint density at radius 3 is 2.56 bits per heavy atom. The summed E-state index contributed by atoms with van der Waals surface area (Å²) in [6.07, 6.45) is 7.47. The standard InChI is InChI=1S/C22H27FN2O2/c1-3-5-8-17(4-2)16-24-22(27)20(25-14-7-6-9-21(25)26)15-18-10-12-19(23)13-11-18/h6-7,9-15,17H,3-5,8,16H2,1-2H3,(H,24,27)/b20-15+. The molecule has 0 fully saturated rings. The molecule has 1 unspecified atom stereocenters. The van der Waals surface area contributed by atoms with Gasteiger partial charge in [-0.15, -0.1) is 0 Å². The van der Waals surface area contributed by atoms with Gasteiger partial charge in [0.15, 0.2) is 0 Å². The highest BCUT2D eigenvalue weighted by molar-refractivity contribution is 6.18. The topological polar surface area (TPSA) is 51.1 Å². The molecule has 4 nitrogen and oxygen atoms in total. The molecule has 0 spiro atoms. The number of hydrogen-bond acceptors (Lipinski definition) is 2. The van der Waals surface area contributed by atoms with E-state index in [1.54, 1.807) is 36.5 Å². The maximum atomic E-state index is 13.2. The third-order valence-electron chi connectivity index (χ3n) is 4.58. The molecule has 1 atom stereocenters. The molecule has 1 aromatic heterocycles. The van der Waals surface area contributed by atoms with E-state index in [1.807, 2.05) is 0 Å². The number of rotatable bonds is 9. The summed E-state index contributed by atoms with van der Waals surface area (Å²) in [5.41, 5.74) is 0.576. The number of pyridine rings is 1. The van der Waals surface area contributed by atoms with Gasteiger partial charge in [0.1, 0.15) is 11.5 Å². The van der Waals surface area contributed by atoms with Crippen LogP contribution in [0.15, 0.2) is 53.5 Å². The van der Waals surface area contributed by atoms with E-state index >= 15 is 0 Å². The Morgan fingerprint density at radius 2 is 1.93 bits per heavy atom. The number of nitrogens with zero attached hydrogens (tertiary/aromatic N) is 1. The van der Waals surface area contributed by atoms with Gasteiger partial charge in [-0.2, -0.15) is 0 Å². The second kappa shape index (κ2) is 10.5. The normalized spacial score (nSPS) is 12.6. The van der Waals surface area contributed by atoms with Crippen molar-refractivity contribution in [2.24, 2.45) is 5.92 Å². The molecule has 0 bridgehead atoms. The number of hydrogen-bond donors (Lipinski definition) is 1. The minimum absolute atomic E-state index is 0.220. The maximum absolute atomic E-state index is 13.2. The van der Waals surface area contributed by atoms with Crippen LogP contribution in [0.4, 0.5) is 4.39 Å². The highest BCUT2D eigenvalue weighted by Crippen LogP contribution is 2.14. The first kappa shape index (κ1) is 20.6. The van der Waals surface area contributed by atoms with Gasteiger partial charge in [0.2, 0.25) is 0 Å². The van der Waals surface area contributed by atoms with Crippen molar-refractivity contribution in [2.75, 3.05) is 6.54 Å². The van der Waals surface area contributed by atoms with E-state index in [9.17, 15) is 14.0 Å². The predicted octanol–water partition coefficient (Wildman–Crippen LogP) is 4.32. The summed E-state index contributed by atoms with van der Waals surface area (Å²) in [6, 6.07) is 10.5. The lowest BCUT2D eigenvalue weighted by Gasteiger charge is -2.17. The molecular weight excluding hydrogens is 343 g/mol. The zero-order valence-electron chi connectivity index (χ0n) is 16.0. The van der Waals surface area contributed by atoms with E-state index in [0.717, 1.165) is 25.7 Å². The lowest BCUT2D eigenvalue weighted by atomic mass is 9.99. The van der Waals surface area contributed by atoms with Crippen LogP contribution in [0.3, 0.4) is 0 Å². The van der Waals surface area contributed by atoms with E-state index in [4.69, 9.17) is 0 Å². The fourth-order valence-corrected chi connectivity index (χ4v) is 2.86. The number of nitrogens with one attached hydrogen (secondary N) is 1. The van der Waals surface area contributed by atoms with Crippen LogP contribution >= 0.6 is 0 Å². The molecule has 0 radical (unpaired) electrons. The summed E-state index contributed by atoms with van der Waals surface area (Å²) in [4.78, 5) is 25.1. The van der Waals surface area contributed by atoms with Crippen molar-refractivity contribution in [3.63, 3.8) is 0 Å². The fraction of sp³-hybridized carbons (Fsp3) is 0.364. The summed E-state index contributed by atoms with van der Waals surface area (Å²) in [5.74, 6) is -0.257. The van der Waals surface area contributed by atoms with Crippen molar-refractivity contribution in [1.82, 2.24) is 9.88 Å². The Bertz CT molecular complexity index is 825. The predicted molar refractivity (Wildman–Crippen MR) is 108 cm³/mol. The van der Waals surface area contributed by atoms with Crippen LogP contribution < -0.4 is 10.9 Å². The molecule has 1 heterocycles. The zero-order chi connectivity index (χ0) is 19.6. The molecule has 5 heteroatoms. The van der Waals surface area contributed by atoms with Gasteiger partial charge >= 0.3 is 0 Å². The average molecular weight is 370 g/mol. The smallest absolute Gasteiger partial charge is 0.268 e. The molecule has 0 saturated carbocycles. The quantitative estimate of drug-likeness (QED) is 0.669.